The molecule has 10 heavy (non-hydrogen) atoms. The van der Waals surface area contributed by atoms with Crippen molar-refractivity contribution in [1.29, 1.82) is 0 Å². The summed E-state index contributed by atoms with van der Waals surface area (Å²) in [6.45, 7) is 3.50. The Kier molecular flexibility index (Phi) is 2.82. The molecule has 0 aromatic heterocycles. The Morgan fingerprint density at radius 3 is 2.80 bits per heavy atom. The fourth-order valence-corrected chi connectivity index (χ4v) is 1.94. The van der Waals surface area contributed by atoms with E-state index in [4.69, 9.17) is 0 Å². The van der Waals surface area contributed by atoms with Gasteiger partial charge < -0.3 is 4.55 Å². The van der Waals surface area contributed by atoms with Gasteiger partial charge in [-0.2, -0.15) is 0 Å². The van der Waals surface area contributed by atoms with Crippen LogP contribution < -0.4 is 0 Å². The first-order chi connectivity index (χ1) is 4.70. The summed E-state index contributed by atoms with van der Waals surface area (Å²) in [4.78, 5) is 0. The van der Waals surface area contributed by atoms with E-state index in [1.165, 1.54) is 4.31 Å². The summed E-state index contributed by atoms with van der Waals surface area (Å²) >= 11 is -1.99. The average Bonchev–Trinajstić information content (AvgIpc) is 1.88. The molecule has 60 valence electrons. The molecule has 0 bridgehead atoms. The first kappa shape index (κ1) is 8.17. The summed E-state index contributed by atoms with van der Waals surface area (Å²) in [6.07, 6.45) is 2.17. The lowest BCUT2D eigenvalue weighted by Gasteiger charge is -2.31. The molecule has 1 heterocycles. The zero-order valence-electron chi connectivity index (χ0n) is 6.08. The number of rotatable bonds is 1. The summed E-state index contributed by atoms with van der Waals surface area (Å²) in [5.41, 5.74) is 0. The predicted octanol–water partition coefficient (Wildman–Crippen LogP) is 0.512. The third-order valence-corrected chi connectivity index (χ3v) is 2.58. The van der Waals surface area contributed by atoms with Crippen LogP contribution in [-0.2, 0) is 11.3 Å². The van der Waals surface area contributed by atoms with Crippen LogP contribution >= 0.6 is 0 Å². The summed E-state index contributed by atoms with van der Waals surface area (Å²) in [6, 6.07) is 0. The van der Waals surface area contributed by atoms with Gasteiger partial charge in [0.2, 0.25) is 0 Å². The molecule has 1 aliphatic heterocycles. The van der Waals surface area contributed by atoms with Crippen LogP contribution in [0, 0.1) is 5.92 Å². The van der Waals surface area contributed by atoms with E-state index in [0.29, 0.717) is 19.0 Å². The summed E-state index contributed by atoms with van der Waals surface area (Å²) in [5.74, 6) is 0.534. The molecule has 1 saturated heterocycles. The average molecular weight is 162 g/mol. The molecule has 0 spiro atoms. The molecule has 0 radical (unpaired) electrons. The van der Waals surface area contributed by atoms with Crippen molar-refractivity contribution in [3.05, 3.63) is 0 Å². The second-order valence-corrected chi connectivity index (χ2v) is 3.80. The van der Waals surface area contributed by atoms with Gasteiger partial charge in [0.1, 0.15) is 0 Å². The Balaban J connectivity index is 2.39. The molecular weight excluding hydrogens is 150 g/mol. The molecule has 0 amide bonds. The van der Waals surface area contributed by atoms with Gasteiger partial charge >= 0.3 is 0 Å². The van der Waals surface area contributed by atoms with E-state index in [-0.39, 0.29) is 0 Å². The van der Waals surface area contributed by atoms with Crippen LogP contribution in [-0.4, -0.2) is 26.2 Å². The molecule has 0 aliphatic carbocycles. The van der Waals surface area contributed by atoms with Crippen LogP contribution in [0.5, 0.6) is 0 Å². The number of hydrogen-bond acceptors (Lipinski definition) is 2. The van der Waals surface area contributed by atoms with Crippen LogP contribution in [0.2, 0.25) is 0 Å². The van der Waals surface area contributed by atoms with E-state index in [0.717, 1.165) is 12.8 Å². The minimum atomic E-state index is -1.99. The topological polar surface area (TPSA) is 43.4 Å². The van der Waals surface area contributed by atoms with Crippen molar-refractivity contribution in [3.63, 3.8) is 0 Å². The molecule has 4 heteroatoms. The van der Waals surface area contributed by atoms with E-state index in [1.54, 1.807) is 0 Å². The maximum Gasteiger partial charge on any atom is 0.0209 e. The fourth-order valence-electron chi connectivity index (χ4n) is 1.28. The van der Waals surface area contributed by atoms with Gasteiger partial charge in [-0.25, -0.2) is 4.31 Å². The summed E-state index contributed by atoms with van der Waals surface area (Å²) in [7, 11) is 0. The largest absolute Gasteiger partial charge is 0.760 e. The predicted molar refractivity (Wildman–Crippen MR) is 38.9 cm³/mol. The first-order valence-electron chi connectivity index (χ1n) is 3.54. The zero-order chi connectivity index (χ0) is 7.56. The molecule has 2 unspecified atom stereocenters. The quantitative estimate of drug-likeness (QED) is 0.527. The van der Waals surface area contributed by atoms with E-state index < -0.39 is 11.3 Å². The molecule has 1 aliphatic rings. The summed E-state index contributed by atoms with van der Waals surface area (Å²) < 4.78 is 22.3. The normalized spacial score (nSPS) is 32.0. The molecular formula is C6H12NO2S-. The Bertz CT molecular complexity index is 140. The highest BCUT2D eigenvalue weighted by Gasteiger charge is 2.15. The van der Waals surface area contributed by atoms with Gasteiger partial charge in [-0.15, -0.1) is 0 Å². The molecule has 0 aromatic rings. The van der Waals surface area contributed by atoms with Gasteiger partial charge in [0.25, 0.3) is 0 Å². The molecule has 2 atom stereocenters. The Morgan fingerprint density at radius 1 is 1.70 bits per heavy atom. The third-order valence-electron chi connectivity index (χ3n) is 1.83. The van der Waals surface area contributed by atoms with Crippen LogP contribution in [0.1, 0.15) is 19.8 Å². The maximum absolute atomic E-state index is 10.4. The molecule has 3 nitrogen and oxygen atoms in total. The van der Waals surface area contributed by atoms with Crippen molar-refractivity contribution in [2.75, 3.05) is 13.1 Å². The van der Waals surface area contributed by atoms with E-state index >= 15 is 0 Å². The van der Waals surface area contributed by atoms with Crippen LogP contribution in [0.25, 0.3) is 0 Å². The Morgan fingerprint density at radius 2 is 2.40 bits per heavy atom. The minimum Gasteiger partial charge on any atom is -0.760 e. The van der Waals surface area contributed by atoms with Crippen molar-refractivity contribution in [2.45, 2.75) is 19.8 Å². The molecule has 0 N–H and O–H groups in total. The minimum absolute atomic E-state index is 0.534. The van der Waals surface area contributed by atoms with E-state index in [9.17, 15) is 8.76 Å². The first-order valence-corrected chi connectivity index (χ1v) is 4.57. The highest BCUT2D eigenvalue weighted by atomic mass is 32.2. The van der Waals surface area contributed by atoms with E-state index in [2.05, 4.69) is 6.92 Å². The van der Waals surface area contributed by atoms with Crippen molar-refractivity contribution < 1.29 is 8.76 Å². The smallest absolute Gasteiger partial charge is 0.0209 e. The standard InChI is InChI=1S/C6H13NO2S/c1-6-3-2-4-7(5-6)10(8)9/h6H,2-5H2,1H3,(H,8,9)/p-1. The van der Waals surface area contributed by atoms with Gasteiger partial charge in [0.15, 0.2) is 0 Å². The second-order valence-electron chi connectivity index (χ2n) is 2.85. The monoisotopic (exact) mass is 162 g/mol. The Labute approximate surface area is 63.8 Å². The fraction of sp³-hybridized carbons (Fsp3) is 1.00. The van der Waals surface area contributed by atoms with Crippen molar-refractivity contribution in [2.24, 2.45) is 5.92 Å². The molecule has 0 aromatic carbocycles. The van der Waals surface area contributed by atoms with Crippen LogP contribution in [0.15, 0.2) is 0 Å². The van der Waals surface area contributed by atoms with Gasteiger partial charge in [-0.05, 0) is 18.8 Å². The number of nitrogens with zero attached hydrogens (tertiary/aromatic N) is 1. The zero-order valence-corrected chi connectivity index (χ0v) is 6.89. The van der Waals surface area contributed by atoms with Crippen molar-refractivity contribution in [3.8, 4) is 0 Å². The van der Waals surface area contributed by atoms with Crippen LogP contribution in [0.4, 0.5) is 0 Å². The van der Waals surface area contributed by atoms with Crippen molar-refractivity contribution in [1.82, 2.24) is 4.31 Å². The van der Waals surface area contributed by atoms with Gasteiger partial charge in [0.05, 0.1) is 0 Å². The third kappa shape index (κ3) is 2.04. The second kappa shape index (κ2) is 3.46. The van der Waals surface area contributed by atoms with Crippen molar-refractivity contribution >= 4 is 11.3 Å². The van der Waals surface area contributed by atoms with Gasteiger partial charge in [-0.1, -0.05) is 6.92 Å². The highest BCUT2D eigenvalue weighted by Crippen LogP contribution is 2.15. The molecule has 1 fully saturated rings. The molecule has 1 rings (SSSR count). The number of hydrogen-bond donors (Lipinski definition) is 0. The molecule has 0 saturated carbocycles. The maximum atomic E-state index is 10.4. The van der Waals surface area contributed by atoms with Gasteiger partial charge in [0, 0.05) is 24.4 Å². The summed E-state index contributed by atoms with van der Waals surface area (Å²) in [5, 5.41) is 0. The number of piperidine rings is 1. The SMILES string of the molecule is CC1CCCN(S(=O)[O-])C1. The van der Waals surface area contributed by atoms with E-state index in [1.807, 2.05) is 0 Å². The van der Waals surface area contributed by atoms with Gasteiger partial charge in [-0.3, -0.25) is 4.21 Å². The Hall–Kier alpha value is 0.0700. The lowest BCUT2D eigenvalue weighted by atomic mass is 10.0. The highest BCUT2D eigenvalue weighted by molar-refractivity contribution is 7.76. The lowest BCUT2D eigenvalue weighted by Crippen LogP contribution is -2.35. The van der Waals surface area contributed by atoms with Crippen LogP contribution in [0.3, 0.4) is 0 Å². The lowest BCUT2D eigenvalue weighted by molar-refractivity contribution is 0.274.